The number of nitro groups is 1. The van der Waals surface area contributed by atoms with E-state index in [1.807, 2.05) is 0 Å². The summed E-state index contributed by atoms with van der Waals surface area (Å²) in [6, 6.07) is 9.56. The van der Waals surface area contributed by atoms with Crippen molar-refractivity contribution in [3.8, 4) is 0 Å². The lowest BCUT2D eigenvalue weighted by Gasteiger charge is -2.14. The van der Waals surface area contributed by atoms with Crippen LogP contribution in [0.2, 0.25) is 5.02 Å². The maximum absolute atomic E-state index is 13.0. The maximum atomic E-state index is 13.0. The van der Waals surface area contributed by atoms with E-state index in [1.165, 1.54) is 32.2 Å². The van der Waals surface area contributed by atoms with Crippen LogP contribution in [0.25, 0.3) is 17.1 Å². The van der Waals surface area contributed by atoms with Crippen molar-refractivity contribution in [2.45, 2.75) is 0 Å². The van der Waals surface area contributed by atoms with E-state index >= 15 is 0 Å². The summed E-state index contributed by atoms with van der Waals surface area (Å²) in [5, 5.41) is 12.1. The van der Waals surface area contributed by atoms with Crippen LogP contribution in [0.15, 0.2) is 46.1 Å². The molecule has 0 unspecified atom stereocenters. The van der Waals surface area contributed by atoms with E-state index < -0.39 is 10.8 Å². The third-order valence-corrected chi connectivity index (χ3v) is 6.30. The number of hydrogen-bond acceptors (Lipinski definition) is 6. The molecule has 30 heavy (non-hydrogen) atoms. The molecule has 1 amide bonds. The quantitative estimate of drug-likeness (QED) is 0.255. The summed E-state index contributed by atoms with van der Waals surface area (Å²) >= 11 is 12.4. The van der Waals surface area contributed by atoms with E-state index in [2.05, 4.69) is 0 Å². The fourth-order valence-corrected chi connectivity index (χ4v) is 4.75. The van der Waals surface area contributed by atoms with Crippen molar-refractivity contribution in [3.05, 3.63) is 72.5 Å². The number of aryl methyl sites for hydroxylation is 2. The summed E-state index contributed by atoms with van der Waals surface area (Å²) in [5.41, 5.74) is 1.16. The third kappa shape index (κ3) is 3.22. The Bertz CT molecular complexity index is 1360. The van der Waals surface area contributed by atoms with Crippen LogP contribution in [-0.4, -0.2) is 24.3 Å². The van der Waals surface area contributed by atoms with Crippen molar-refractivity contribution in [3.63, 3.8) is 0 Å². The van der Waals surface area contributed by atoms with Gasteiger partial charge in [-0.3, -0.25) is 28.9 Å². The molecule has 11 heteroatoms. The van der Waals surface area contributed by atoms with Crippen LogP contribution < -0.4 is 10.6 Å². The molecule has 1 fully saturated rings. The minimum absolute atomic E-state index is 0.209. The Balaban J connectivity index is 1.85. The molecule has 4 rings (SSSR count). The zero-order valence-corrected chi connectivity index (χ0v) is 18.0. The molecular formula is C19H13ClN4O4S2. The molecule has 0 saturated carbocycles. The molecular weight excluding hydrogens is 448 g/mol. The summed E-state index contributed by atoms with van der Waals surface area (Å²) in [6.07, 6.45) is 1.43. The summed E-state index contributed by atoms with van der Waals surface area (Å²) in [5.74, 6) is -0.399. The number of benzene rings is 2. The van der Waals surface area contributed by atoms with E-state index in [1.54, 1.807) is 38.4 Å². The van der Waals surface area contributed by atoms with Crippen molar-refractivity contribution < 1.29 is 9.72 Å². The standard InChI is InChI=1S/C19H13ClN4O4S2/c1-21-14-6-10(13(24(27)28)9-15(14)22(2)18(21)26)7-16-17(25)23(19(29)30-16)12-5-3-4-11(20)8-12/h3-9H,1-2H3/b16-7+. The van der Waals surface area contributed by atoms with Gasteiger partial charge in [0.25, 0.3) is 11.6 Å². The van der Waals surface area contributed by atoms with Crippen LogP contribution in [0.4, 0.5) is 11.4 Å². The summed E-state index contributed by atoms with van der Waals surface area (Å²) in [7, 11) is 3.13. The number of aromatic nitrogens is 2. The molecule has 0 spiro atoms. The number of imidazole rings is 1. The van der Waals surface area contributed by atoms with Gasteiger partial charge >= 0.3 is 5.69 Å². The molecule has 2 aromatic carbocycles. The van der Waals surface area contributed by atoms with Gasteiger partial charge in [-0.1, -0.05) is 41.6 Å². The molecule has 1 aliphatic rings. The Morgan fingerprint density at radius 2 is 1.80 bits per heavy atom. The third-order valence-electron chi connectivity index (χ3n) is 4.76. The zero-order chi connectivity index (χ0) is 21.7. The Morgan fingerprint density at radius 1 is 1.13 bits per heavy atom. The number of carbonyl (C=O) groups excluding carboxylic acids is 1. The lowest BCUT2D eigenvalue weighted by molar-refractivity contribution is -0.385. The van der Waals surface area contributed by atoms with Gasteiger partial charge in [-0.05, 0) is 30.3 Å². The van der Waals surface area contributed by atoms with E-state index in [0.717, 1.165) is 11.8 Å². The monoisotopic (exact) mass is 460 g/mol. The molecule has 0 atom stereocenters. The average Bonchev–Trinajstić information content (AvgIpc) is 3.09. The normalized spacial score (nSPS) is 15.6. The van der Waals surface area contributed by atoms with Crippen molar-refractivity contribution in [1.29, 1.82) is 0 Å². The highest BCUT2D eigenvalue weighted by atomic mass is 35.5. The molecule has 0 bridgehead atoms. The molecule has 3 aromatic rings. The first-order valence-electron chi connectivity index (χ1n) is 8.56. The maximum Gasteiger partial charge on any atom is 0.328 e. The summed E-state index contributed by atoms with van der Waals surface area (Å²) in [6.45, 7) is 0. The van der Waals surface area contributed by atoms with Crippen molar-refractivity contribution >= 4 is 74.3 Å². The highest BCUT2D eigenvalue weighted by Gasteiger charge is 2.34. The van der Waals surface area contributed by atoms with Gasteiger partial charge in [-0.2, -0.15) is 0 Å². The van der Waals surface area contributed by atoms with E-state index in [0.29, 0.717) is 26.1 Å². The minimum atomic E-state index is -0.541. The number of halogens is 1. The van der Waals surface area contributed by atoms with Gasteiger partial charge in [-0.15, -0.1) is 0 Å². The van der Waals surface area contributed by atoms with Gasteiger partial charge in [0.2, 0.25) is 0 Å². The highest BCUT2D eigenvalue weighted by Crippen LogP contribution is 2.38. The van der Waals surface area contributed by atoms with E-state index in [4.69, 9.17) is 23.8 Å². The topological polar surface area (TPSA) is 90.4 Å². The molecule has 152 valence electrons. The summed E-state index contributed by atoms with van der Waals surface area (Å²) in [4.78, 5) is 37.9. The number of thiocarbonyl (C=S) groups is 1. The molecule has 1 aromatic heterocycles. The Hall–Kier alpha value is -2.95. The van der Waals surface area contributed by atoms with E-state index in [9.17, 15) is 19.7 Å². The predicted octanol–water partition coefficient (Wildman–Crippen LogP) is 3.84. The fraction of sp³-hybridized carbons (Fsp3) is 0.105. The van der Waals surface area contributed by atoms with Gasteiger partial charge in [0.15, 0.2) is 4.32 Å². The van der Waals surface area contributed by atoms with Crippen LogP contribution in [0, 0.1) is 10.1 Å². The van der Waals surface area contributed by atoms with Crippen molar-refractivity contribution in [2.75, 3.05) is 4.90 Å². The predicted molar refractivity (Wildman–Crippen MR) is 122 cm³/mol. The van der Waals surface area contributed by atoms with Crippen LogP contribution >= 0.6 is 35.6 Å². The van der Waals surface area contributed by atoms with Gasteiger partial charge < -0.3 is 0 Å². The number of hydrogen-bond donors (Lipinski definition) is 0. The minimum Gasteiger partial charge on any atom is -0.295 e. The second kappa shape index (κ2) is 7.38. The first kappa shape index (κ1) is 20.3. The van der Waals surface area contributed by atoms with Gasteiger partial charge in [-0.25, -0.2) is 4.79 Å². The number of thioether (sulfide) groups is 1. The number of fused-ring (bicyclic) bond motifs is 1. The van der Waals surface area contributed by atoms with Gasteiger partial charge in [0.05, 0.1) is 32.1 Å². The van der Waals surface area contributed by atoms with Gasteiger partial charge in [0, 0.05) is 25.2 Å². The average molecular weight is 461 g/mol. The van der Waals surface area contributed by atoms with Crippen LogP contribution in [-0.2, 0) is 18.9 Å². The van der Waals surface area contributed by atoms with Crippen molar-refractivity contribution in [1.82, 2.24) is 9.13 Å². The zero-order valence-electron chi connectivity index (χ0n) is 15.7. The molecule has 0 N–H and O–H groups in total. The molecule has 1 saturated heterocycles. The SMILES string of the molecule is Cn1c(=O)n(C)c2cc([N+](=O)[O-])c(/C=C3/SC(=S)N(c4cccc(Cl)c4)C3=O)cc21. The molecule has 1 aliphatic heterocycles. The van der Waals surface area contributed by atoms with Crippen LogP contribution in [0.3, 0.4) is 0 Å². The molecule has 2 heterocycles. The summed E-state index contributed by atoms with van der Waals surface area (Å²) < 4.78 is 3.03. The number of rotatable bonds is 3. The molecule has 0 radical (unpaired) electrons. The van der Waals surface area contributed by atoms with E-state index in [-0.39, 0.29) is 21.8 Å². The number of nitro benzene ring substituents is 1. The number of nitrogens with zero attached hydrogens (tertiary/aromatic N) is 4. The molecule has 8 nitrogen and oxygen atoms in total. The first-order chi connectivity index (χ1) is 14.2. The Morgan fingerprint density at radius 3 is 2.43 bits per heavy atom. The smallest absolute Gasteiger partial charge is 0.295 e. The Kier molecular flexibility index (Phi) is 5.00. The lowest BCUT2D eigenvalue weighted by Crippen LogP contribution is -2.27. The fourth-order valence-electron chi connectivity index (χ4n) is 3.27. The second-order valence-corrected chi connectivity index (χ2v) is 8.67. The van der Waals surface area contributed by atoms with Crippen LogP contribution in [0.5, 0.6) is 0 Å². The number of amides is 1. The lowest BCUT2D eigenvalue weighted by atomic mass is 10.1. The second-order valence-electron chi connectivity index (χ2n) is 6.55. The number of carbonyl (C=O) groups is 1. The Labute approximate surface area is 184 Å². The highest BCUT2D eigenvalue weighted by molar-refractivity contribution is 8.27. The largest absolute Gasteiger partial charge is 0.328 e. The van der Waals surface area contributed by atoms with Crippen LogP contribution in [0.1, 0.15) is 5.56 Å². The molecule has 0 aliphatic carbocycles. The van der Waals surface area contributed by atoms with Crippen molar-refractivity contribution in [2.24, 2.45) is 14.1 Å². The number of anilines is 1. The first-order valence-corrected chi connectivity index (χ1v) is 10.2. The van der Waals surface area contributed by atoms with Gasteiger partial charge in [0.1, 0.15) is 0 Å².